The molecule has 0 aliphatic carbocycles. The lowest BCUT2D eigenvalue weighted by Crippen LogP contribution is -2.44. The molecule has 0 bridgehead atoms. The van der Waals surface area contributed by atoms with Gasteiger partial charge in [0.15, 0.2) is 0 Å². The van der Waals surface area contributed by atoms with Crippen molar-refractivity contribution in [3.63, 3.8) is 0 Å². The van der Waals surface area contributed by atoms with Crippen LogP contribution in [-0.4, -0.2) is 25.0 Å². The number of hydrogen-bond donors (Lipinski definition) is 2. The van der Waals surface area contributed by atoms with Gasteiger partial charge < -0.3 is 10.6 Å². The zero-order valence-electron chi connectivity index (χ0n) is 11.5. The van der Waals surface area contributed by atoms with Gasteiger partial charge in [-0.25, -0.2) is 0 Å². The van der Waals surface area contributed by atoms with Gasteiger partial charge in [0.05, 0.1) is 5.56 Å². The Morgan fingerprint density at radius 3 is 3.00 bits per heavy atom. The normalized spacial score (nSPS) is 20.9. The maximum atomic E-state index is 12.3. The molecule has 1 saturated heterocycles. The number of carbonyl (C=O) groups excluding carboxylic acids is 1. The zero-order chi connectivity index (χ0) is 13.8. The molecule has 2 atom stereocenters. The third-order valence-electron chi connectivity index (χ3n) is 3.84. The first-order chi connectivity index (χ1) is 9.09. The van der Waals surface area contributed by atoms with E-state index in [0.717, 1.165) is 28.7 Å². The SMILES string of the molecule is Cc1cccc(C(=O)NC(C)C2CCCNC2)c1Br. The number of halogens is 1. The summed E-state index contributed by atoms with van der Waals surface area (Å²) in [5.74, 6) is 0.537. The van der Waals surface area contributed by atoms with Crippen LogP contribution in [0.1, 0.15) is 35.7 Å². The summed E-state index contributed by atoms with van der Waals surface area (Å²) in [6.07, 6.45) is 2.38. The van der Waals surface area contributed by atoms with Gasteiger partial charge in [-0.3, -0.25) is 4.79 Å². The Morgan fingerprint density at radius 1 is 1.53 bits per heavy atom. The van der Waals surface area contributed by atoms with Crippen molar-refractivity contribution in [3.8, 4) is 0 Å². The average Bonchev–Trinajstić information content (AvgIpc) is 2.42. The van der Waals surface area contributed by atoms with Gasteiger partial charge in [-0.15, -0.1) is 0 Å². The zero-order valence-corrected chi connectivity index (χ0v) is 13.1. The van der Waals surface area contributed by atoms with Gasteiger partial charge in [0.25, 0.3) is 5.91 Å². The average molecular weight is 325 g/mol. The van der Waals surface area contributed by atoms with Crippen molar-refractivity contribution in [3.05, 3.63) is 33.8 Å². The standard InChI is InChI=1S/C15H21BrN2O/c1-10-5-3-7-13(14(10)16)15(19)18-11(2)12-6-4-8-17-9-12/h3,5,7,11-12,17H,4,6,8-9H2,1-2H3,(H,18,19). The van der Waals surface area contributed by atoms with Crippen molar-refractivity contribution in [1.29, 1.82) is 0 Å². The topological polar surface area (TPSA) is 41.1 Å². The first-order valence-corrected chi connectivity index (χ1v) is 7.65. The highest BCUT2D eigenvalue weighted by molar-refractivity contribution is 9.10. The van der Waals surface area contributed by atoms with Crippen LogP contribution in [0.4, 0.5) is 0 Å². The molecule has 0 radical (unpaired) electrons. The number of rotatable bonds is 3. The molecule has 1 aliphatic heterocycles. The van der Waals surface area contributed by atoms with Crippen molar-refractivity contribution in [2.75, 3.05) is 13.1 Å². The Bertz CT molecular complexity index is 455. The fourth-order valence-corrected chi connectivity index (χ4v) is 2.98. The maximum Gasteiger partial charge on any atom is 0.252 e. The molecular weight excluding hydrogens is 304 g/mol. The predicted octanol–water partition coefficient (Wildman–Crippen LogP) is 2.88. The Hall–Kier alpha value is -0.870. The number of piperidine rings is 1. The first-order valence-electron chi connectivity index (χ1n) is 6.86. The Labute approximate surface area is 123 Å². The van der Waals surface area contributed by atoms with Gasteiger partial charge in [0.1, 0.15) is 0 Å². The molecule has 1 aromatic rings. The van der Waals surface area contributed by atoms with E-state index in [1.165, 1.54) is 12.8 Å². The summed E-state index contributed by atoms with van der Waals surface area (Å²) < 4.78 is 0.890. The van der Waals surface area contributed by atoms with E-state index in [1.807, 2.05) is 25.1 Å². The largest absolute Gasteiger partial charge is 0.349 e. The molecule has 0 saturated carbocycles. The highest BCUT2D eigenvalue weighted by Gasteiger charge is 2.22. The molecule has 2 N–H and O–H groups in total. The lowest BCUT2D eigenvalue weighted by atomic mass is 9.92. The van der Waals surface area contributed by atoms with Crippen LogP contribution in [0, 0.1) is 12.8 Å². The minimum absolute atomic E-state index is 0.00801. The second kappa shape index (κ2) is 6.53. The molecule has 3 nitrogen and oxygen atoms in total. The van der Waals surface area contributed by atoms with Gasteiger partial charge in [0.2, 0.25) is 0 Å². The van der Waals surface area contributed by atoms with E-state index in [2.05, 4.69) is 33.5 Å². The highest BCUT2D eigenvalue weighted by Crippen LogP contribution is 2.22. The summed E-state index contributed by atoms with van der Waals surface area (Å²) >= 11 is 3.49. The van der Waals surface area contributed by atoms with E-state index in [1.54, 1.807) is 0 Å². The van der Waals surface area contributed by atoms with E-state index in [0.29, 0.717) is 5.92 Å². The van der Waals surface area contributed by atoms with E-state index < -0.39 is 0 Å². The Morgan fingerprint density at radius 2 is 2.32 bits per heavy atom. The van der Waals surface area contributed by atoms with Gasteiger partial charge in [0, 0.05) is 10.5 Å². The quantitative estimate of drug-likeness (QED) is 0.897. The van der Waals surface area contributed by atoms with Crippen LogP contribution in [0.3, 0.4) is 0 Å². The monoisotopic (exact) mass is 324 g/mol. The second-order valence-electron chi connectivity index (χ2n) is 5.31. The maximum absolute atomic E-state index is 12.3. The summed E-state index contributed by atoms with van der Waals surface area (Å²) in [5, 5.41) is 6.51. The number of nitrogens with one attached hydrogen (secondary N) is 2. The van der Waals surface area contributed by atoms with Crippen LogP contribution >= 0.6 is 15.9 Å². The molecule has 0 aromatic heterocycles. The number of aryl methyl sites for hydroxylation is 1. The Kier molecular flexibility index (Phi) is 4.99. The summed E-state index contributed by atoms with van der Waals surface area (Å²) in [6, 6.07) is 5.97. The minimum atomic E-state index is 0.00801. The highest BCUT2D eigenvalue weighted by atomic mass is 79.9. The summed E-state index contributed by atoms with van der Waals surface area (Å²) in [7, 11) is 0. The first kappa shape index (κ1) is 14.5. The van der Waals surface area contributed by atoms with E-state index in [-0.39, 0.29) is 11.9 Å². The van der Waals surface area contributed by atoms with Crippen molar-refractivity contribution in [2.24, 2.45) is 5.92 Å². The van der Waals surface area contributed by atoms with E-state index in [9.17, 15) is 4.79 Å². The lowest BCUT2D eigenvalue weighted by molar-refractivity contribution is 0.0921. The molecule has 4 heteroatoms. The molecule has 104 valence electrons. The molecule has 1 aromatic carbocycles. The van der Waals surface area contributed by atoms with Crippen molar-refractivity contribution in [2.45, 2.75) is 32.7 Å². The van der Waals surface area contributed by atoms with Crippen LogP contribution in [0.15, 0.2) is 22.7 Å². The fraction of sp³-hybridized carbons (Fsp3) is 0.533. The van der Waals surface area contributed by atoms with Crippen molar-refractivity contribution in [1.82, 2.24) is 10.6 Å². The Balaban J connectivity index is 2.02. The third kappa shape index (κ3) is 3.57. The molecule has 0 spiro atoms. The molecule has 2 unspecified atom stereocenters. The van der Waals surface area contributed by atoms with E-state index >= 15 is 0 Å². The van der Waals surface area contributed by atoms with Crippen LogP contribution in [0.2, 0.25) is 0 Å². The molecule has 1 amide bonds. The predicted molar refractivity (Wildman–Crippen MR) is 81.4 cm³/mol. The second-order valence-corrected chi connectivity index (χ2v) is 6.10. The summed E-state index contributed by atoms with van der Waals surface area (Å²) in [4.78, 5) is 12.3. The van der Waals surface area contributed by atoms with E-state index in [4.69, 9.17) is 0 Å². The molecule has 2 rings (SSSR count). The minimum Gasteiger partial charge on any atom is -0.349 e. The van der Waals surface area contributed by atoms with Crippen LogP contribution in [0.5, 0.6) is 0 Å². The van der Waals surface area contributed by atoms with Crippen LogP contribution in [0.25, 0.3) is 0 Å². The molecular formula is C15H21BrN2O. The number of carbonyl (C=O) groups is 1. The molecule has 19 heavy (non-hydrogen) atoms. The fourth-order valence-electron chi connectivity index (χ4n) is 2.53. The third-order valence-corrected chi connectivity index (χ3v) is 4.89. The van der Waals surface area contributed by atoms with Gasteiger partial charge in [-0.05, 0) is 73.3 Å². The van der Waals surface area contributed by atoms with Crippen molar-refractivity contribution >= 4 is 21.8 Å². The molecule has 1 fully saturated rings. The number of benzene rings is 1. The van der Waals surface area contributed by atoms with Gasteiger partial charge >= 0.3 is 0 Å². The van der Waals surface area contributed by atoms with Crippen LogP contribution < -0.4 is 10.6 Å². The number of hydrogen-bond acceptors (Lipinski definition) is 2. The molecule has 1 heterocycles. The summed E-state index contributed by atoms with van der Waals surface area (Å²) in [5.41, 5.74) is 1.80. The van der Waals surface area contributed by atoms with Crippen LogP contribution in [-0.2, 0) is 0 Å². The van der Waals surface area contributed by atoms with Crippen molar-refractivity contribution < 1.29 is 4.79 Å². The number of amides is 1. The summed E-state index contributed by atoms with van der Waals surface area (Å²) in [6.45, 7) is 6.19. The smallest absolute Gasteiger partial charge is 0.252 e. The molecule has 1 aliphatic rings. The lowest BCUT2D eigenvalue weighted by Gasteiger charge is -2.29. The van der Waals surface area contributed by atoms with Gasteiger partial charge in [-0.1, -0.05) is 12.1 Å². The van der Waals surface area contributed by atoms with Gasteiger partial charge in [-0.2, -0.15) is 0 Å².